The third-order valence-corrected chi connectivity index (χ3v) is 6.40. The van der Waals surface area contributed by atoms with Crippen molar-refractivity contribution in [3.8, 4) is 22.5 Å². The molecule has 2 aromatic heterocycles. The number of hydrogen-bond donors (Lipinski definition) is 3. The molecule has 0 saturated heterocycles. The van der Waals surface area contributed by atoms with Crippen LogP contribution in [0.5, 0.6) is 0 Å². The van der Waals surface area contributed by atoms with Crippen molar-refractivity contribution in [1.29, 1.82) is 0 Å². The normalized spacial score (nSPS) is 13.3. The molecule has 1 amide bonds. The number of pyridine rings is 1. The van der Waals surface area contributed by atoms with Crippen molar-refractivity contribution >= 4 is 17.6 Å². The van der Waals surface area contributed by atoms with Gasteiger partial charge in [0.2, 0.25) is 0 Å². The van der Waals surface area contributed by atoms with E-state index in [4.69, 9.17) is 14.7 Å². The summed E-state index contributed by atoms with van der Waals surface area (Å²) in [5.74, 6) is -2.82. The number of benzene rings is 2. The number of nitrogens with zero attached hydrogens (tertiary/aromatic N) is 2. The molecule has 0 saturated carbocycles. The van der Waals surface area contributed by atoms with E-state index >= 15 is 0 Å². The van der Waals surface area contributed by atoms with E-state index < -0.39 is 23.9 Å². The van der Waals surface area contributed by atoms with Crippen molar-refractivity contribution in [2.45, 2.75) is 32.3 Å². The molecule has 0 radical (unpaired) electrons. The first-order chi connectivity index (χ1) is 20.7. The van der Waals surface area contributed by atoms with Crippen LogP contribution in [0.25, 0.3) is 22.5 Å². The molecule has 0 spiro atoms. The van der Waals surface area contributed by atoms with Crippen LogP contribution in [0.3, 0.4) is 0 Å². The molecule has 0 atom stereocenters. The minimum atomic E-state index is -5.08. The highest BCUT2D eigenvalue weighted by Gasteiger charge is 2.38. The number of amides is 1. The van der Waals surface area contributed by atoms with E-state index in [1.807, 2.05) is 42.5 Å². The second-order valence-electron chi connectivity index (χ2n) is 9.54. The molecule has 0 fully saturated rings. The molecule has 3 N–H and O–H groups in total. The standard InChI is InChI=1S/C28H23F3N4O2.C2HF3O2/c1-17(35-37-16-18-3-2-4-22(13-18)28(29,30)31)19-5-7-20(8-6-19)25-14-21(9-11-32-25)26-15-23-24(34-26)10-12-33-27(23)36;3-2(4,5)1(6)7/h2-9,11,13-15,34H,10,12,16H2,1H3,(H,33,36);(H,6,7)/b35-17-;. The highest BCUT2D eigenvalue weighted by molar-refractivity contribution is 5.99. The Morgan fingerprint density at radius 3 is 2.34 bits per heavy atom. The van der Waals surface area contributed by atoms with Crippen LogP contribution in [0.15, 0.2) is 78.1 Å². The fourth-order valence-electron chi connectivity index (χ4n) is 4.18. The van der Waals surface area contributed by atoms with Crippen molar-refractivity contribution in [3.63, 3.8) is 0 Å². The fourth-order valence-corrected chi connectivity index (χ4v) is 4.18. The van der Waals surface area contributed by atoms with E-state index in [1.165, 1.54) is 6.07 Å². The number of aromatic amines is 1. The molecular weight excluding hydrogens is 594 g/mol. The van der Waals surface area contributed by atoms with Crippen LogP contribution in [-0.2, 0) is 28.8 Å². The van der Waals surface area contributed by atoms with Gasteiger partial charge in [-0.3, -0.25) is 9.78 Å². The molecule has 5 rings (SSSR count). The summed E-state index contributed by atoms with van der Waals surface area (Å²) >= 11 is 0. The lowest BCUT2D eigenvalue weighted by Gasteiger charge is -2.11. The van der Waals surface area contributed by atoms with Crippen LogP contribution in [0.2, 0.25) is 0 Å². The molecule has 230 valence electrons. The van der Waals surface area contributed by atoms with Crippen molar-refractivity contribution < 1.29 is 45.9 Å². The van der Waals surface area contributed by atoms with Gasteiger partial charge in [0.05, 0.1) is 22.5 Å². The third-order valence-electron chi connectivity index (χ3n) is 6.40. The Morgan fingerprint density at radius 2 is 1.70 bits per heavy atom. The molecule has 44 heavy (non-hydrogen) atoms. The number of carbonyl (C=O) groups is 2. The highest BCUT2D eigenvalue weighted by Crippen LogP contribution is 2.30. The number of hydrogen-bond acceptors (Lipinski definition) is 5. The van der Waals surface area contributed by atoms with E-state index in [1.54, 1.807) is 19.2 Å². The predicted octanol–water partition coefficient (Wildman–Crippen LogP) is 6.62. The largest absolute Gasteiger partial charge is 0.490 e. The predicted molar refractivity (Wildman–Crippen MR) is 148 cm³/mol. The molecular formula is C30H24F6N4O4. The number of carboxylic acid groups (broad SMARTS) is 1. The summed E-state index contributed by atoms with van der Waals surface area (Å²) in [6.07, 6.45) is -6.99. The van der Waals surface area contributed by atoms with Gasteiger partial charge in [-0.1, -0.05) is 41.6 Å². The minimum absolute atomic E-state index is 0.0653. The first-order valence-electron chi connectivity index (χ1n) is 12.9. The van der Waals surface area contributed by atoms with Gasteiger partial charge in [-0.05, 0) is 48.4 Å². The zero-order valence-electron chi connectivity index (χ0n) is 22.9. The van der Waals surface area contributed by atoms with E-state index in [-0.39, 0.29) is 12.5 Å². The number of halogens is 6. The number of aromatic nitrogens is 2. The van der Waals surface area contributed by atoms with Crippen molar-refractivity contribution in [2.75, 3.05) is 6.54 Å². The number of rotatable bonds is 6. The molecule has 2 aromatic carbocycles. The Balaban J connectivity index is 0.000000566. The zero-order chi connectivity index (χ0) is 32.1. The first-order valence-corrected chi connectivity index (χ1v) is 12.9. The summed E-state index contributed by atoms with van der Waals surface area (Å²) in [5, 5.41) is 14.0. The second-order valence-corrected chi connectivity index (χ2v) is 9.54. The molecule has 1 aliphatic heterocycles. The van der Waals surface area contributed by atoms with Gasteiger partial charge in [0, 0.05) is 41.7 Å². The lowest BCUT2D eigenvalue weighted by atomic mass is 10.0. The van der Waals surface area contributed by atoms with Crippen molar-refractivity contribution in [2.24, 2.45) is 5.16 Å². The van der Waals surface area contributed by atoms with Gasteiger partial charge in [0.15, 0.2) is 0 Å². The zero-order valence-corrected chi connectivity index (χ0v) is 22.9. The average molecular weight is 619 g/mol. The number of carbonyl (C=O) groups excluding carboxylic acids is 1. The molecule has 3 heterocycles. The summed E-state index contributed by atoms with van der Waals surface area (Å²) in [6, 6.07) is 18.3. The van der Waals surface area contributed by atoms with Gasteiger partial charge in [-0.15, -0.1) is 0 Å². The quantitative estimate of drug-likeness (QED) is 0.128. The number of nitrogens with one attached hydrogen (secondary N) is 2. The molecule has 0 bridgehead atoms. The number of fused-ring (bicyclic) bond motifs is 1. The van der Waals surface area contributed by atoms with Crippen LogP contribution in [-0.4, -0.2) is 45.4 Å². The summed E-state index contributed by atoms with van der Waals surface area (Å²) < 4.78 is 70.4. The van der Waals surface area contributed by atoms with Gasteiger partial charge < -0.3 is 20.2 Å². The van der Waals surface area contributed by atoms with Gasteiger partial charge >= 0.3 is 18.3 Å². The SMILES string of the molecule is C/C(=N/OCc1cccc(C(F)(F)F)c1)c1ccc(-c2cc(-c3cc4c([nH]3)CCNC4=O)ccn2)cc1.O=C(O)C(F)(F)F. The monoisotopic (exact) mass is 618 g/mol. The van der Waals surface area contributed by atoms with E-state index in [2.05, 4.69) is 20.4 Å². The summed E-state index contributed by atoms with van der Waals surface area (Å²) in [4.78, 5) is 34.1. The van der Waals surface area contributed by atoms with Crippen LogP contribution in [0, 0.1) is 0 Å². The van der Waals surface area contributed by atoms with Gasteiger partial charge in [-0.2, -0.15) is 26.3 Å². The Morgan fingerprint density at radius 1 is 1.00 bits per heavy atom. The minimum Gasteiger partial charge on any atom is -0.475 e. The van der Waals surface area contributed by atoms with Crippen LogP contribution in [0.4, 0.5) is 26.3 Å². The molecule has 14 heteroatoms. The van der Waals surface area contributed by atoms with Gasteiger partial charge in [0.25, 0.3) is 5.91 Å². The maximum absolute atomic E-state index is 12.9. The van der Waals surface area contributed by atoms with E-state index in [9.17, 15) is 31.1 Å². The van der Waals surface area contributed by atoms with Crippen LogP contribution < -0.4 is 5.32 Å². The smallest absolute Gasteiger partial charge is 0.475 e. The molecule has 1 aliphatic rings. The Bertz CT molecular complexity index is 1680. The number of aliphatic carboxylic acids is 1. The number of H-pyrrole nitrogens is 1. The van der Waals surface area contributed by atoms with Crippen molar-refractivity contribution in [1.82, 2.24) is 15.3 Å². The Labute approximate surface area is 246 Å². The molecule has 0 aliphatic carbocycles. The lowest BCUT2D eigenvalue weighted by molar-refractivity contribution is -0.192. The van der Waals surface area contributed by atoms with Gasteiger partial charge in [-0.25, -0.2) is 4.79 Å². The fraction of sp³-hybridized carbons (Fsp3) is 0.200. The first kappa shape index (κ1) is 31.8. The van der Waals surface area contributed by atoms with Crippen molar-refractivity contribution in [3.05, 3.63) is 101 Å². The van der Waals surface area contributed by atoms with E-state index in [0.29, 0.717) is 23.4 Å². The second kappa shape index (κ2) is 13.0. The Hall–Kier alpha value is -5.14. The molecule has 8 nitrogen and oxygen atoms in total. The molecule has 0 unspecified atom stereocenters. The number of carboxylic acids is 1. The average Bonchev–Trinajstić information content (AvgIpc) is 3.43. The number of oxime groups is 1. The maximum atomic E-state index is 12.9. The lowest BCUT2D eigenvalue weighted by Crippen LogP contribution is -2.31. The van der Waals surface area contributed by atoms with Crippen LogP contribution >= 0.6 is 0 Å². The number of alkyl halides is 6. The topological polar surface area (TPSA) is 117 Å². The summed E-state index contributed by atoms with van der Waals surface area (Å²) in [5.41, 5.74) is 6.15. The molecule has 4 aromatic rings. The van der Waals surface area contributed by atoms with Gasteiger partial charge in [0.1, 0.15) is 6.61 Å². The van der Waals surface area contributed by atoms with Crippen LogP contribution in [0.1, 0.15) is 39.7 Å². The summed E-state index contributed by atoms with van der Waals surface area (Å²) in [7, 11) is 0. The Kier molecular flexibility index (Phi) is 9.40. The summed E-state index contributed by atoms with van der Waals surface area (Å²) in [6.45, 7) is 2.32. The highest BCUT2D eigenvalue weighted by atomic mass is 19.4. The third kappa shape index (κ3) is 8.02. The maximum Gasteiger partial charge on any atom is 0.490 e. The van der Waals surface area contributed by atoms with E-state index in [0.717, 1.165) is 52.3 Å².